The van der Waals surface area contributed by atoms with Gasteiger partial charge in [0.15, 0.2) is 0 Å². The lowest BCUT2D eigenvalue weighted by Crippen LogP contribution is -2.26. The highest BCUT2D eigenvalue weighted by Gasteiger charge is 2.17. The van der Waals surface area contributed by atoms with E-state index in [1.54, 1.807) is 7.11 Å². The molecule has 1 aromatic heterocycles. The molecule has 0 radical (unpaired) electrons. The molecule has 18 heavy (non-hydrogen) atoms. The third-order valence-corrected chi connectivity index (χ3v) is 3.36. The van der Waals surface area contributed by atoms with Crippen molar-refractivity contribution in [1.82, 2.24) is 14.9 Å². The van der Waals surface area contributed by atoms with Gasteiger partial charge in [-0.1, -0.05) is 6.92 Å². The van der Waals surface area contributed by atoms with E-state index >= 15 is 0 Å². The van der Waals surface area contributed by atoms with Crippen molar-refractivity contribution in [2.24, 2.45) is 0 Å². The van der Waals surface area contributed by atoms with E-state index in [0.717, 1.165) is 38.3 Å². The smallest absolute Gasteiger partial charge is 0.105 e. The predicted octanol–water partition coefficient (Wildman–Crippen LogP) is 2.51. The lowest BCUT2D eigenvalue weighted by molar-refractivity contribution is 0.0118. The SMILES string of the molecule is CCCNCc1cnc(C)n1CCC(C)(C)OC. The van der Waals surface area contributed by atoms with Crippen LogP contribution in [0, 0.1) is 6.92 Å². The molecule has 1 N–H and O–H groups in total. The van der Waals surface area contributed by atoms with E-state index in [2.05, 4.69) is 42.6 Å². The Hall–Kier alpha value is -0.870. The summed E-state index contributed by atoms with van der Waals surface area (Å²) in [5.41, 5.74) is 1.18. The maximum absolute atomic E-state index is 5.46. The molecule has 0 saturated heterocycles. The van der Waals surface area contributed by atoms with Gasteiger partial charge in [-0.05, 0) is 40.2 Å². The average molecular weight is 253 g/mol. The molecule has 0 aliphatic carbocycles. The topological polar surface area (TPSA) is 39.1 Å². The Kier molecular flexibility index (Phi) is 5.82. The molecule has 4 heteroatoms. The molecule has 104 valence electrons. The third-order valence-electron chi connectivity index (χ3n) is 3.36. The van der Waals surface area contributed by atoms with Crippen molar-refractivity contribution in [2.75, 3.05) is 13.7 Å². The number of aryl methyl sites for hydroxylation is 1. The maximum atomic E-state index is 5.46. The summed E-state index contributed by atoms with van der Waals surface area (Å²) in [6.45, 7) is 11.4. The summed E-state index contributed by atoms with van der Waals surface area (Å²) in [5, 5.41) is 3.42. The van der Waals surface area contributed by atoms with Crippen LogP contribution in [0.15, 0.2) is 6.20 Å². The molecule has 0 aliphatic heterocycles. The molecule has 0 fully saturated rings. The Bertz CT molecular complexity index is 358. The van der Waals surface area contributed by atoms with Crippen molar-refractivity contribution >= 4 is 0 Å². The van der Waals surface area contributed by atoms with E-state index in [1.807, 2.05) is 6.20 Å². The van der Waals surface area contributed by atoms with Crippen LogP contribution in [0.25, 0.3) is 0 Å². The van der Waals surface area contributed by atoms with Crippen molar-refractivity contribution in [3.05, 3.63) is 17.7 Å². The lowest BCUT2D eigenvalue weighted by Gasteiger charge is -2.24. The highest BCUT2D eigenvalue weighted by Crippen LogP contribution is 2.16. The molecule has 0 bridgehead atoms. The zero-order valence-electron chi connectivity index (χ0n) is 12.4. The first-order valence-corrected chi connectivity index (χ1v) is 6.77. The molecule has 0 spiro atoms. The minimum absolute atomic E-state index is 0.0785. The fourth-order valence-electron chi connectivity index (χ4n) is 1.84. The summed E-state index contributed by atoms with van der Waals surface area (Å²) < 4.78 is 7.75. The Balaban J connectivity index is 2.60. The molecule has 0 aliphatic rings. The number of rotatable bonds is 8. The first-order valence-electron chi connectivity index (χ1n) is 6.77. The standard InChI is InChI=1S/C14H27N3O/c1-6-8-15-10-13-11-16-12(2)17(13)9-7-14(3,4)18-5/h11,15H,6-10H2,1-5H3. The quantitative estimate of drug-likeness (QED) is 0.724. The summed E-state index contributed by atoms with van der Waals surface area (Å²) in [6.07, 6.45) is 4.11. The van der Waals surface area contributed by atoms with Crippen molar-refractivity contribution in [3.63, 3.8) is 0 Å². The normalized spacial score (nSPS) is 12.1. The van der Waals surface area contributed by atoms with Crippen LogP contribution in [0.5, 0.6) is 0 Å². The second kappa shape index (κ2) is 6.90. The van der Waals surface area contributed by atoms with Gasteiger partial charge in [0, 0.05) is 26.4 Å². The minimum atomic E-state index is -0.0785. The number of imidazole rings is 1. The van der Waals surface area contributed by atoms with Gasteiger partial charge in [0.2, 0.25) is 0 Å². The molecule has 1 heterocycles. The Morgan fingerprint density at radius 2 is 2.17 bits per heavy atom. The summed E-state index contributed by atoms with van der Waals surface area (Å²) >= 11 is 0. The minimum Gasteiger partial charge on any atom is -0.379 e. The third kappa shape index (κ3) is 4.42. The molecule has 1 rings (SSSR count). The van der Waals surface area contributed by atoms with Gasteiger partial charge in [0.1, 0.15) is 5.82 Å². The fraction of sp³-hybridized carbons (Fsp3) is 0.786. The first-order chi connectivity index (χ1) is 8.50. The Morgan fingerprint density at radius 3 is 2.78 bits per heavy atom. The zero-order chi connectivity index (χ0) is 13.6. The average Bonchev–Trinajstić information content (AvgIpc) is 2.68. The fourth-order valence-corrected chi connectivity index (χ4v) is 1.84. The van der Waals surface area contributed by atoms with Gasteiger partial charge in [-0.15, -0.1) is 0 Å². The lowest BCUT2D eigenvalue weighted by atomic mass is 10.1. The van der Waals surface area contributed by atoms with Crippen LogP contribution in [0.4, 0.5) is 0 Å². The number of ether oxygens (including phenoxy) is 1. The Morgan fingerprint density at radius 1 is 1.44 bits per heavy atom. The monoisotopic (exact) mass is 253 g/mol. The van der Waals surface area contributed by atoms with Gasteiger partial charge in [0.05, 0.1) is 11.3 Å². The first kappa shape index (κ1) is 15.2. The van der Waals surface area contributed by atoms with Gasteiger partial charge in [0.25, 0.3) is 0 Å². The largest absolute Gasteiger partial charge is 0.379 e. The van der Waals surface area contributed by atoms with Crippen molar-refractivity contribution in [1.29, 1.82) is 0 Å². The van der Waals surface area contributed by atoms with Crippen LogP contribution >= 0.6 is 0 Å². The van der Waals surface area contributed by atoms with Gasteiger partial charge in [-0.25, -0.2) is 4.98 Å². The van der Waals surface area contributed by atoms with Crippen LogP contribution in [0.2, 0.25) is 0 Å². The van der Waals surface area contributed by atoms with Crippen LogP contribution in [-0.4, -0.2) is 28.8 Å². The van der Waals surface area contributed by atoms with Crippen molar-refractivity contribution in [2.45, 2.75) is 59.2 Å². The summed E-state index contributed by atoms with van der Waals surface area (Å²) in [6, 6.07) is 0. The molecule has 0 aromatic carbocycles. The summed E-state index contributed by atoms with van der Waals surface area (Å²) in [4.78, 5) is 4.40. The van der Waals surface area contributed by atoms with E-state index in [4.69, 9.17) is 4.74 Å². The van der Waals surface area contributed by atoms with Gasteiger partial charge >= 0.3 is 0 Å². The van der Waals surface area contributed by atoms with Crippen LogP contribution in [-0.2, 0) is 17.8 Å². The van der Waals surface area contributed by atoms with E-state index < -0.39 is 0 Å². The molecular formula is C14H27N3O. The number of methoxy groups -OCH3 is 1. The highest BCUT2D eigenvalue weighted by atomic mass is 16.5. The van der Waals surface area contributed by atoms with E-state index in [0.29, 0.717) is 0 Å². The number of nitrogens with one attached hydrogen (secondary N) is 1. The van der Waals surface area contributed by atoms with Crippen LogP contribution < -0.4 is 5.32 Å². The maximum Gasteiger partial charge on any atom is 0.105 e. The molecule has 4 nitrogen and oxygen atoms in total. The van der Waals surface area contributed by atoms with E-state index in [-0.39, 0.29) is 5.60 Å². The number of hydrogen-bond donors (Lipinski definition) is 1. The second-order valence-electron chi connectivity index (χ2n) is 5.34. The van der Waals surface area contributed by atoms with Crippen molar-refractivity contribution < 1.29 is 4.74 Å². The summed E-state index contributed by atoms with van der Waals surface area (Å²) in [7, 11) is 1.77. The van der Waals surface area contributed by atoms with Crippen LogP contribution in [0.1, 0.15) is 45.1 Å². The van der Waals surface area contributed by atoms with E-state index in [9.17, 15) is 0 Å². The second-order valence-corrected chi connectivity index (χ2v) is 5.34. The Labute approximate surface area is 111 Å². The molecule has 1 aromatic rings. The molecule has 0 saturated carbocycles. The zero-order valence-corrected chi connectivity index (χ0v) is 12.4. The van der Waals surface area contributed by atoms with Gasteiger partial charge in [-0.3, -0.25) is 0 Å². The summed E-state index contributed by atoms with van der Waals surface area (Å²) in [5.74, 6) is 1.08. The number of hydrogen-bond acceptors (Lipinski definition) is 3. The van der Waals surface area contributed by atoms with Gasteiger partial charge < -0.3 is 14.6 Å². The molecule has 0 atom stereocenters. The van der Waals surface area contributed by atoms with Crippen LogP contribution in [0.3, 0.4) is 0 Å². The molecule has 0 amide bonds. The molecule has 0 unspecified atom stereocenters. The van der Waals surface area contributed by atoms with Crippen molar-refractivity contribution in [3.8, 4) is 0 Å². The predicted molar refractivity (Wildman–Crippen MR) is 74.7 cm³/mol. The van der Waals surface area contributed by atoms with E-state index in [1.165, 1.54) is 5.69 Å². The highest BCUT2D eigenvalue weighted by molar-refractivity contribution is 5.04. The molecular weight excluding hydrogens is 226 g/mol. The van der Waals surface area contributed by atoms with Gasteiger partial charge in [-0.2, -0.15) is 0 Å². The number of aromatic nitrogens is 2. The number of nitrogens with zero attached hydrogens (tertiary/aromatic N) is 2.